The predicted octanol–water partition coefficient (Wildman–Crippen LogP) is 3.80. The number of hydrogen-bond acceptors (Lipinski definition) is 5. The molecule has 0 amide bonds. The minimum absolute atomic E-state index is 0.0752. The van der Waals surface area contributed by atoms with E-state index in [9.17, 15) is 13.2 Å². The van der Waals surface area contributed by atoms with Gasteiger partial charge in [0.1, 0.15) is 0 Å². The molecule has 0 unspecified atom stereocenters. The fraction of sp³-hybridized carbons (Fsp3) is 0.409. The molecule has 0 spiro atoms. The Kier molecular flexibility index (Phi) is 7.51. The van der Waals surface area contributed by atoms with Gasteiger partial charge in [0.25, 0.3) is 0 Å². The summed E-state index contributed by atoms with van der Waals surface area (Å²) in [6, 6.07) is 14.6. The predicted molar refractivity (Wildman–Crippen MR) is 118 cm³/mol. The first-order valence-electron chi connectivity index (χ1n) is 9.84. The van der Waals surface area contributed by atoms with Crippen LogP contribution in [0.2, 0.25) is 0 Å². The summed E-state index contributed by atoms with van der Waals surface area (Å²) in [5.41, 5.74) is 1.87. The zero-order valence-corrected chi connectivity index (χ0v) is 18.6. The minimum Gasteiger partial charge on any atom is -0.299 e. The van der Waals surface area contributed by atoms with Crippen molar-refractivity contribution in [2.45, 2.75) is 36.1 Å². The van der Waals surface area contributed by atoms with E-state index >= 15 is 0 Å². The van der Waals surface area contributed by atoms with Crippen molar-refractivity contribution in [3.8, 4) is 0 Å². The molecule has 1 fully saturated rings. The maximum absolute atomic E-state index is 12.5. The van der Waals surface area contributed by atoms with Gasteiger partial charge in [-0.25, -0.2) is 13.1 Å². The van der Waals surface area contributed by atoms with Crippen LogP contribution in [0.3, 0.4) is 0 Å². The van der Waals surface area contributed by atoms with Crippen LogP contribution in [0.5, 0.6) is 0 Å². The van der Waals surface area contributed by atoms with Crippen molar-refractivity contribution < 1.29 is 13.2 Å². The second kappa shape index (κ2) is 9.89. The maximum Gasteiger partial charge on any atom is 0.240 e. The summed E-state index contributed by atoms with van der Waals surface area (Å²) in [4.78, 5) is 15.3. The standard InChI is InChI=1S/C22H28N2O3S2/c1-17(25)19-7-9-21(10-8-19)29(26,27)23-15-18-11-13-24(14-12-18)16-20-5-3-4-6-22(20)28-2/h3-10,18,23H,11-16H2,1-2H3. The number of carbonyl (C=O) groups is 1. The summed E-state index contributed by atoms with van der Waals surface area (Å²) in [7, 11) is -3.55. The summed E-state index contributed by atoms with van der Waals surface area (Å²) >= 11 is 1.77. The van der Waals surface area contributed by atoms with Gasteiger partial charge in [-0.2, -0.15) is 0 Å². The van der Waals surface area contributed by atoms with Crippen molar-refractivity contribution in [3.05, 3.63) is 59.7 Å². The Morgan fingerprint density at radius 3 is 2.38 bits per heavy atom. The highest BCUT2D eigenvalue weighted by Gasteiger charge is 2.22. The number of rotatable bonds is 8. The summed E-state index contributed by atoms with van der Waals surface area (Å²) < 4.78 is 27.8. The fourth-order valence-electron chi connectivity index (χ4n) is 3.60. The number of benzene rings is 2. The topological polar surface area (TPSA) is 66.5 Å². The first kappa shape index (κ1) is 22.0. The van der Waals surface area contributed by atoms with Crippen molar-refractivity contribution in [2.24, 2.45) is 5.92 Å². The quantitative estimate of drug-likeness (QED) is 0.508. The van der Waals surface area contributed by atoms with E-state index in [1.54, 1.807) is 23.9 Å². The van der Waals surface area contributed by atoms with Crippen LogP contribution < -0.4 is 4.72 Å². The number of nitrogens with zero attached hydrogens (tertiary/aromatic N) is 1. The normalized spacial score (nSPS) is 16.1. The van der Waals surface area contributed by atoms with E-state index in [0.717, 1.165) is 32.5 Å². The Morgan fingerprint density at radius 2 is 1.76 bits per heavy atom. The van der Waals surface area contributed by atoms with Crippen LogP contribution in [0.15, 0.2) is 58.3 Å². The van der Waals surface area contributed by atoms with Gasteiger partial charge < -0.3 is 0 Å². The molecule has 29 heavy (non-hydrogen) atoms. The largest absolute Gasteiger partial charge is 0.299 e. The molecule has 0 aliphatic carbocycles. The lowest BCUT2D eigenvalue weighted by molar-refractivity contribution is 0.101. The number of likely N-dealkylation sites (tertiary alicyclic amines) is 1. The molecule has 0 aromatic heterocycles. The van der Waals surface area contributed by atoms with E-state index < -0.39 is 10.0 Å². The van der Waals surface area contributed by atoms with Gasteiger partial charge in [-0.3, -0.25) is 9.69 Å². The van der Waals surface area contributed by atoms with Crippen LogP contribution in [-0.4, -0.2) is 45.0 Å². The second-order valence-corrected chi connectivity index (χ2v) is 10.1. The molecule has 0 saturated carbocycles. The highest BCUT2D eigenvalue weighted by molar-refractivity contribution is 7.98. The molecule has 0 atom stereocenters. The molecule has 1 aliphatic rings. The number of ketones is 1. The molecular weight excluding hydrogens is 404 g/mol. The molecule has 0 bridgehead atoms. The summed E-state index contributed by atoms with van der Waals surface area (Å²) in [6.07, 6.45) is 4.06. The van der Waals surface area contributed by atoms with Gasteiger partial charge in [-0.1, -0.05) is 30.3 Å². The van der Waals surface area contributed by atoms with Crippen LogP contribution >= 0.6 is 11.8 Å². The van der Waals surface area contributed by atoms with Crippen molar-refractivity contribution in [2.75, 3.05) is 25.9 Å². The monoisotopic (exact) mass is 432 g/mol. The molecule has 3 rings (SSSR count). The highest BCUT2D eigenvalue weighted by atomic mass is 32.2. The lowest BCUT2D eigenvalue weighted by Gasteiger charge is -2.32. The van der Waals surface area contributed by atoms with Gasteiger partial charge in [-0.15, -0.1) is 11.8 Å². The van der Waals surface area contributed by atoms with Crippen LogP contribution in [-0.2, 0) is 16.6 Å². The lowest BCUT2D eigenvalue weighted by Crippen LogP contribution is -2.38. The summed E-state index contributed by atoms with van der Waals surface area (Å²) in [5, 5.41) is 0. The number of nitrogens with one attached hydrogen (secondary N) is 1. The molecule has 1 saturated heterocycles. The Balaban J connectivity index is 1.49. The van der Waals surface area contributed by atoms with Crippen molar-refractivity contribution in [1.29, 1.82) is 0 Å². The molecule has 1 aliphatic heterocycles. The molecule has 0 radical (unpaired) electrons. The van der Waals surface area contributed by atoms with E-state index in [1.165, 1.54) is 29.5 Å². The molecule has 2 aromatic rings. The van der Waals surface area contributed by atoms with Crippen molar-refractivity contribution >= 4 is 27.6 Å². The van der Waals surface area contributed by atoms with E-state index in [4.69, 9.17) is 0 Å². The fourth-order valence-corrected chi connectivity index (χ4v) is 5.33. The number of carbonyl (C=O) groups excluding carboxylic acids is 1. The smallest absolute Gasteiger partial charge is 0.240 e. The third-order valence-corrected chi connectivity index (χ3v) is 7.70. The van der Waals surface area contributed by atoms with E-state index in [-0.39, 0.29) is 10.7 Å². The van der Waals surface area contributed by atoms with Gasteiger partial charge >= 0.3 is 0 Å². The molecule has 7 heteroatoms. The zero-order valence-electron chi connectivity index (χ0n) is 16.9. The Bertz CT molecular complexity index is 935. The molecule has 2 aromatic carbocycles. The molecular formula is C22H28N2O3S2. The van der Waals surface area contributed by atoms with Crippen LogP contribution in [0.4, 0.5) is 0 Å². The number of hydrogen-bond donors (Lipinski definition) is 1. The van der Waals surface area contributed by atoms with Crippen LogP contribution in [0.1, 0.15) is 35.7 Å². The third kappa shape index (κ3) is 5.92. The van der Waals surface area contributed by atoms with Gasteiger partial charge in [-0.05, 0) is 68.8 Å². The first-order valence-corrected chi connectivity index (χ1v) is 12.5. The van der Waals surface area contributed by atoms with Gasteiger partial charge in [0.05, 0.1) is 4.90 Å². The Labute approximate surface area is 177 Å². The Morgan fingerprint density at radius 1 is 1.10 bits per heavy atom. The number of piperidine rings is 1. The zero-order chi connectivity index (χ0) is 20.9. The first-order chi connectivity index (χ1) is 13.9. The number of sulfonamides is 1. The second-order valence-electron chi connectivity index (χ2n) is 7.46. The Hall–Kier alpha value is -1.67. The molecule has 5 nitrogen and oxygen atoms in total. The van der Waals surface area contributed by atoms with Crippen molar-refractivity contribution in [3.63, 3.8) is 0 Å². The lowest BCUT2D eigenvalue weighted by atomic mass is 9.97. The van der Waals surface area contributed by atoms with E-state index in [1.807, 2.05) is 0 Å². The number of Topliss-reactive ketones (excluding diaryl/α,β-unsaturated/α-hetero) is 1. The third-order valence-electron chi connectivity index (χ3n) is 5.43. The van der Waals surface area contributed by atoms with Crippen LogP contribution in [0.25, 0.3) is 0 Å². The number of thioether (sulfide) groups is 1. The van der Waals surface area contributed by atoms with E-state index in [2.05, 4.69) is 40.1 Å². The molecule has 1 heterocycles. The van der Waals surface area contributed by atoms with Crippen LogP contribution in [0, 0.1) is 5.92 Å². The van der Waals surface area contributed by atoms with E-state index in [0.29, 0.717) is 18.0 Å². The average molecular weight is 433 g/mol. The van der Waals surface area contributed by atoms with Gasteiger partial charge in [0.2, 0.25) is 10.0 Å². The average Bonchev–Trinajstić information content (AvgIpc) is 2.74. The summed E-state index contributed by atoms with van der Waals surface area (Å²) in [5.74, 6) is 0.266. The minimum atomic E-state index is -3.55. The highest BCUT2D eigenvalue weighted by Crippen LogP contribution is 2.24. The van der Waals surface area contributed by atoms with Crippen molar-refractivity contribution in [1.82, 2.24) is 9.62 Å². The molecule has 156 valence electrons. The van der Waals surface area contributed by atoms with Gasteiger partial charge in [0, 0.05) is 23.5 Å². The SMILES string of the molecule is CSc1ccccc1CN1CCC(CNS(=O)(=O)c2ccc(C(C)=O)cc2)CC1. The molecule has 1 N–H and O–H groups in total. The van der Waals surface area contributed by atoms with Gasteiger partial charge in [0.15, 0.2) is 5.78 Å². The summed E-state index contributed by atoms with van der Waals surface area (Å²) in [6.45, 7) is 4.81. The maximum atomic E-state index is 12.5.